The number of piperidine rings is 1. The highest BCUT2D eigenvalue weighted by Gasteiger charge is 2.44. The van der Waals surface area contributed by atoms with Crippen molar-refractivity contribution >= 4 is 0 Å². The van der Waals surface area contributed by atoms with Crippen LogP contribution in [0.1, 0.15) is 30.0 Å². The Hall–Kier alpha value is -0.930. The van der Waals surface area contributed by atoms with Crippen LogP contribution >= 0.6 is 0 Å². The van der Waals surface area contributed by atoms with E-state index in [2.05, 4.69) is 5.32 Å². The van der Waals surface area contributed by atoms with E-state index in [1.54, 1.807) is 6.07 Å². The lowest BCUT2D eigenvalue weighted by Gasteiger charge is -2.37. The predicted molar refractivity (Wildman–Crippen MR) is 61.6 cm³/mol. The topological polar surface area (TPSA) is 38.0 Å². The Bertz CT molecular complexity index is 410. The molecule has 1 aliphatic carbocycles. The van der Waals surface area contributed by atoms with Crippen LogP contribution in [0.3, 0.4) is 0 Å². The van der Waals surface area contributed by atoms with E-state index in [-0.39, 0.29) is 17.3 Å². The van der Waals surface area contributed by atoms with E-state index in [0.29, 0.717) is 0 Å². The molecule has 1 spiro atoms. The highest BCUT2D eigenvalue weighted by atomic mass is 19.1. The number of halogens is 1. The number of fused-ring (bicyclic) bond motifs is 1. The first-order valence-corrected chi connectivity index (χ1v) is 5.96. The van der Waals surface area contributed by atoms with Gasteiger partial charge in [0.25, 0.3) is 0 Å². The molecule has 1 atom stereocenters. The van der Waals surface area contributed by atoms with Gasteiger partial charge in [-0.2, -0.15) is 0 Å². The van der Waals surface area contributed by atoms with Gasteiger partial charge in [0.2, 0.25) is 0 Å². The van der Waals surface area contributed by atoms with E-state index >= 15 is 0 Å². The van der Waals surface area contributed by atoms with Gasteiger partial charge >= 0.3 is 0 Å². The van der Waals surface area contributed by atoms with Crippen LogP contribution in [0.5, 0.6) is 0 Å². The van der Waals surface area contributed by atoms with Gasteiger partial charge in [-0.1, -0.05) is 6.07 Å². The fraction of sp³-hybridized carbons (Fsp3) is 0.538. The van der Waals surface area contributed by atoms with Gasteiger partial charge in [0, 0.05) is 6.04 Å². The number of benzene rings is 1. The van der Waals surface area contributed by atoms with Crippen LogP contribution in [0.2, 0.25) is 0 Å². The van der Waals surface area contributed by atoms with Crippen LogP contribution in [0.15, 0.2) is 18.2 Å². The molecule has 2 aliphatic rings. The summed E-state index contributed by atoms with van der Waals surface area (Å²) in [5.41, 5.74) is 8.81. The van der Waals surface area contributed by atoms with Gasteiger partial charge in [-0.05, 0) is 61.0 Å². The molecular formula is C13H17FN2. The number of hydrogen-bond acceptors (Lipinski definition) is 2. The second-order valence-electron chi connectivity index (χ2n) is 5.11. The minimum atomic E-state index is -0.142. The molecule has 0 radical (unpaired) electrons. The highest BCUT2D eigenvalue weighted by molar-refractivity contribution is 5.38. The van der Waals surface area contributed by atoms with E-state index in [4.69, 9.17) is 5.73 Å². The standard InChI is InChI=1S/C13H17FN2/c14-10-1-2-11-9(7-10)8-13(12(11)15)3-5-16-6-4-13/h1-2,7,12,16H,3-6,8,15H2/t12-/m1/s1. The molecule has 1 aromatic rings. The van der Waals surface area contributed by atoms with Gasteiger partial charge in [-0.15, -0.1) is 0 Å². The smallest absolute Gasteiger partial charge is 0.123 e. The second-order valence-corrected chi connectivity index (χ2v) is 5.11. The molecule has 0 saturated carbocycles. The molecule has 16 heavy (non-hydrogen) atoms. The number of nitrogens with two attached hydrogens (primary N) is 1. The first-order chi connectivity index (χ1) is 7.71. The molecule has 0 aromatic heterocycles. The Morgan fingerprint density at radius 2 is 2.06 bits per heavy atom. The summed E-state index contributed by atoms with van der Waals surface area (Å²) in [4.78, 5) is 0. The lowest BCUT2D eigenvalue weighted by atomic mass is 9.73. The Labute approximate surface area is 95.0 Å². The van der Waals surface area contributed by atoms with Crippen molar-refractivity contribution in [1.82, 2.24) is 5.32 Å². The van der Waals surface area contributed by atoms with Crippen LogP contribution < -0.4 is 11.1 Å². The summed E-state index contributed by atoms with van der Waals surface area (Å²) in [7, 11) is 0. The second kappa shape index (κ2) is 3.54. The van der Waals surface area contributed by atoms with Crippen molar-refractivity contribution in [2.75, 3.05) is 13.1 Å². The van der Waals surface area contributed by atoms with Crippen LogP contribution in [-0.4, -0.2) is 13.1 Å². The summed E-state index contributed by atoms with van der Waals surface area (Å²) in [6.07, 6.45) is 3.15. The van der Waals surface area contributed by atoms with Gasteiger partial charge in [0.05, 0.1) is 0 Å². The summed E-state index contributed by atoms with van der Waals surface area (Å²) in [6, 6.07) is 5.14. The van der Waals surface area contributed by atoms with Crippen LogP contribution in [0.4, 0.5) is 4.39 Å². The third-order valence-electron chi connectivity index (χ3n) is 4.24. The van der Waals surface area contributed by atoms with E-state index < -0.39 is 0 Å². The number of rotatable bonds is 0. The lowest BCUT2D eigenvalue weighted by Crippen LogP contribution is -2.41. The van der Waals surface area contributed by atoms with E-state index in [1.165, 1.54) is 6.07 Å². The molecule has 1 fully saturated rings. The van der Waals surface area contributed by atoms with Crippen molar-refractivity contribution in [2.24, 2.45) is 11.1 Å². The first-order valence-electron chi connectivity index (χ1n) is 5.96. The summed E-state index contributed by atoms with van der Waals surface area (Å²) in [6.45, 7) is 2.06. The number of nitrogens with one attached hydrogen (secondary N) is 1. The van der Waals surface area contributed by atoms with Crippen molar-refractivity contribution in [3.63, 3.8) is 0 Å². The largest absolute Gasteiger partial charge is 0.323 e. The van der Waals surface area contributed by atoms with E-state index in [1.807, 2.05) is 6.07 Å². The van der Waals surface area contributed by atoms with Crippen molar-refractivity contribution in [1.29, 1.82) is 0 Å². The molecule has 86 valence electrons. The van der Waals surface area contributed by atoms with Crippen molar-refractivity contribution in [3.8, 4) is 0 Å². The molecule has 1 aliphatic heterocycles. The van der Waals surface area contributed by atoms with Gasteiger partial charge in [-0.25, -0.2) is 4.39 Å². The monoisotopic (exact) mass is 220 g/mol. The molecule has 1 aromatic carbocycles. The molecule has 0 bridgehead atoms. The zero-order valence-electron chi connectivity index (χ0n) is 9.30. The van der Waals surface area contributed by atoms with Crippen LogP contribution in [-0.2, 0) is 6.42 Å². The first kappa shape index (κ1) is 10.2. The van der Waals surface area contributed by atoms with E-state index in [0.717, 1.165) is 43.5 Å². The van der Waals surface area contributed by atoms with E-state index in [9.17, 15) is 4.39 Å². The number of hydrogen-bond donors (Lipinski definition) is 2. The zero-order chi connectivity index (χ0) is 11.2. The third-order valence-corrected chi connectivity index (χ3v) is 4.24. The van der Waals surface area contributed by atoms with Crippen molar-refractivity contribution in [2.45, 2.75) is 25.3 Å². The fourth-order valence-electron chi connectivity index (χ4n) is 3.26. The van der Waals surface area contributed by atoms with Gasteiger partial charge in [0.1, 0.15) is 5.82 Å². The van der Waals surface area contributed by atoms with Gasteiger partial charge in [-0.3, -0.25) is 0 Å². The maximum absolute atomic E-state index is 13.2. The SMILES string of the molecule is N[C@@H]1c2ccc(F)cc2CC12CCNCC2. The van der Waals surface area contributed by atoms with Crippen LogP contribution in [0, 0.1) is 11.2 Å². The minimum absolute atomic E-state index is 0.0881. The van der Waals surface area contributed by atoms with Crippen molar-refractivity contribution < 1.29 is 4.39 Å². The molecule has 1 saturated heterocycles. The Morgan fingerprint density at radius 3 is 2.81 bits per heavy atom. The molecule has 0 unspecified atom stereocenters. The fourth-order valence-corrected chi connectivity index (χ4v) is 3.26. The highest BCUT2D eigenvalue weighted by Crippen LogP contribution is 2.49. The lowest BCUT2D eigenvalue weighted by molar-refractivity contribution is 0.174. The van der Waals surface area contributed by atoms with Crippen LogP contribution in [0.25, 0.3) is 0 Å². The Balaban J connectivity index is 1.98. The average molecular weight is 220 g/mol. The Kier molecular flexibility index (Phi) is 2.26. The molecule has 2 nitrogen and oxygen atoms in total. The molecule has 3 rings (SSSR count). The summed E-state index contributed by atoms with van der Waals surface area (Å²) < 4.78 is 13.2. The molecular weight excluding hydrogens is 203 g/mol. The minimum Gasteiger partial charge on any atom is -0.323 e. The zero-order valence-corrected chi connectivity index (χ0v) is 9.30. The molecule has 1 heterocycles. The predicted octanol–water partition coefficient (Wildman–Crippen LogP) is 1.75. The normalized spacial score (nSPS) is 27.0. The Morgan fingerprint density at radius 1 is 1.31 bits per heavy atom. The third kappa shape index (κ3) is 1.39. The molecule has 3 heteroatoms. The maximum Gasteiger partial charge on any atom is 0.123 e. The summed E-state index contributed by atoms with van der Waals surface area (Å²) in [5.74, 6) is -0.142. The summed E-state index contributed by atoms with van der Waals surface area (Å²) >= 11 is 0. The summed E-state index contributed by atoms with van der Waals surface area (Å²) in [5, 5.41) is 3.36. The van der Waals surface area contributed by atoms with Gasteiger partial charge < -0.3 is 11.1 Å². The van der Waals surface area contributed by atoms with Crippen molar-refractivity contribution in [3.05, 3.63) is 35.1 Å². The average Bonchev–Trinajstić information content (AvgIpc) is 2.53. The molecule has 0 amide bonds. The maximum atomic E-state index is 13.2. The quantitative estimate of drug-likeness (QED) is 0.699. The molecule has 3 N–H and O–H groups in total. The van der Waals surface area contributed by atoms with Gasteiger partial charge in [0.15, 0.2) is 0 Å².